The molecule has 0 saturated carbocycles. The molecule has 0 aliphatic heterocycles. The van der Waals surface area contributed by atoms with E-state index in [0.29, 0.717) is 16.4 Å². The molecule has 7 heteroatoms. The van der Waals surface area contributed by atoms with Gasteiger partial charge in [-0.2, -0.15) is 5.10 Å². The number of aromatic nitrogens is 1. The van der Waals surface area contributed by atoms with Gasteiger partial charge < -0.3 is 0 Å². The van der Waals surface area contributed by atoms with Gasteiger partial charge in [0.05, 0.1) is 11.1 Å². The number of rotatable bonds is 4. The molecule has 0 aliphatic rings. The van der Waals surface area contributed by atoms with Crippen LogP contribution in [0.3, 0.4) is 0 Å². The summed E-state index contributed by atoms with van der Waals surface area (Å²) >= 11 is 5.93. The summed E-state index contributed by atoms with van der Waals surface area (Å²) in [7, 11) is 0. The number of nitrogens with zero attached hydrogens (tertiary/aromatic N) is 3. The Labute approximate surface area is 113 Å². The van der Waals surface area contributed by atoms with E-state index in [1.165, 1.54) is 24.4 Å². The molecule has 0 spiro atoms. The van der Waals surface area contributed by atoms with Gasteiger partial charge in [0.2, 0.25) is 0 Å². The number of anilines is 1. The standard InChI is InChI=1S/C12H9ClN4O2/c13-11-5-4-10(17(18)19)7-9(11)8-15-16-12-3-1-2-6-14-12/h1-8H,(H,14,16)/b15-8+. The lowest BCUT2D eigenvalue weighted by molar-refractivity contribution is -0.384. The first-order valence-corrected chi connectivity index (χ1v) is 5.68. The van der Waals surface area contributed by atoms with E-state index in [1.54, 1.807) is 18.3 Å². The second kappa shape index (κ2) is 5.92. The van der Waals surface area contributed by atoms with Crippen molar-refractivity contribution in [3.05, 3.63) is 63.3 Å². The Balaban J connectivity index is 2.14. The van der Waals surface area contributed by atoms with Crippen LogP contribution in [0.1, 0.15) is 5.56 Å². The number of nitrogens with one attached hydrogen (secondary N) is 1. The number of pyridine rings is 1. The maximum absolute atomic E-state index is 10.7. The van der Waals surface area contributed by atoms with E-state index in [-0.39, 0.29) is 5.69 Å². The summed E-state index contributed by atoms with van der Waals surface area (Å²) in [5.41, 5.74) is 3.12. The molecule has 0 radical (unpaired) electrons. The number of halogens is 1. The van der Waals surface area contributed by atoms with Crippen LogP contribution in [0.2, 0.25) is 5.02 Å². The predicted octanol–water partition coefficient (Wildman–Crippen LogP) is 3.09. The summed E-state index contributed by atoms with van der Waals surface area (Å²) < 4.78 is 0. The van der Waals surface area contributed by atoms with Crippen LogP contribution in [0.5, 0.6) is 0 Å². The molecule has 0 aliphatic carbocycles. The molecule has 0 unspecified atom stereocenters. The number of non-ortho nitro benzene ring substituents is 1. The zero-order valence-electron chi connectivity index (χ0n) is 9.65. The third-order valence-electron chi connectivity index (χ3n) is 2.24. The third-order valence-corrected chi connectivity index (χ3v) is 2.58. The summed E-state index contributed by atoms with van der Waals surface area (Å²) in [6.07, 6.45) is 3.03. The van der Waals surface area contributed by atoms with Crippen molar-refractivity contribution < 1.29 is 4.92 Å². The maximum atomic E-state index is 10.7. The molecule has 19 heavy (non-hydrogen) atoms. The fraction of sp³-hybridized carbons (Fsp3) is 0. The average Bonchev–Trinajstić information content (AvgIpc) is 2.42. The molecule has 1 heterocycles. The Morgan fingerprint density at radius 3 is 2.89 bits per heavy atom. The number of benzene rings is 1. The van der Waals surface area contributed by atoms with Crippen molar-refractivity contribution in [2.75, 3.05) is 5.43 Å². The van der Waals surface area contributed by atoms with Crippen molar-refractivity contribution in [3.63, 3.8) is 0 Å². The SMILES string of the molecule is O=[N+]([O-])c1ccc(Cl)c(/C=N/Nc2ccccn2)c1. The van der Waals surface area contributed by atoms with Crippen molar-refractivity contribution in [3.8, 4) is 0 Å². The molecular weight excluding hydrogens is 268 g/mol. The van der Waals surface area contributed by atoms with Crippen LogP contribution in [0.15, 0.2) is 47.7 Å². The van der Waals surface area contributed by atoms with Crippen molar-refractivity contribution >= 4 is 29.3 Å². The van der Waals surface area contributed by atoms with Gasteiger partial charge in [-0.05, 0) is 18.2 Å². The topological polar surface area (TPSA) is 80.4 Å². The van der Waals surface area contributed by atoms with Gasteiger partial charge in [-0.1, -0.05) is 17.7 Å². The lowest BCUT2D eigenvalue weighted by atomic mass is 10.2. The minimum absolute atomic E-state index is 0.0383. The van der Waals surface area contributed by atoms with Gasteiger partial charge in [-0.3, -0.25) is 15.5 Å². The van der Waals surface area contributed by atoms with E-state index in [0.717, 1.165) is 0 Å². The number of nitro groups is 1. The largest absolute Gasteiger partial charge is 0.270 e. The van der Waals surface area contributed by atoms with Crippen LogP contribution in [0.4, 0.5) is 11.5 Å². The monoisotopic (exact) mass is 276 g/mol. The highest BCUT2D eigenvalue weighted by Crippen LogP contribution is 2.20. The van der Waals surface area contributed by atoms with E-state index in [4.69, 9.17) is 11.6 Å². The molecule has 96 valence electrons. The van der Waals surface area contributed by atoms with Crippen LogP contribution >= 0.6 is 11.6 Å². The molecule has 0 atom stereocenters. The van der Waals surface area contributed by atoms with Gasteiger partial charge in [0, 0.05) is 28.9 Å². The zero-order valence-corrected chi connectivity index (χ0v) is 10.4. The fourth-order valence-electron chi connectivity index (χ4n) is 1.34. The van der Waals surface area contributed by atoms with Crippen LogP contribution in [-0.4, -0.2) is 16.1 Å². The van der Waals surface area contributed by atoms with Crippen molar-refractivity contribution in [2.45, 2.75) is 0 Å². The second-order valence-electron chi connectivity index (χ2n) is 3.55. The van der Waals surface area contributed by atoms with Gasteiger partial charge in [0.1, 0.15) is 5.82 Å². The maximum Gasteiger partial charge on any atom is 0.270 e. The Kier molecular flexibility index (Phi) is 4.04. The number of hydrazone groups is 1. The molecule has 2 aromatic rings. The van der Waals surface area contributed by atoms with Gasteiger partial charge >= 0.3 is 0 Å². The number of nitro benzene ring substituents is 1. The Bertz CT molecular complexity index is 616. The van der Waals surface area contributed by atoms with Crippen molar-refractivity contribution in [1.82, 2.24) is 4.98 Å². The van der Waals surface area contributed by atoms with Crippen LogP contribution < -0.4 is 5.43 Å². The minimum atomic E-state index is -0.486. The van der Waals surface area contributed by atoms with E-state index >= 15 is 0 Å². The van der Waals surface area contributed by atoms with Gasteiger partial charge in [-0.15, -0.1) is 0 Å². The lowest BCUT2D eigenvalue weighted by Gasteiger charge is -1.99. The predicted molar refractivity (Wildman–Crippen MR) is 73.6 cm³/mol. The molecule has 2 rings (SSSR count). The molecule has 1 N–H and O–H groups in total. The summed E-state index contributed by atoms with van der Waals surface area (Å²) in [6.45, 7) is 0. The van der Waals surface area contributed by atoms with Gasteiger partial charge in [0.15, 0.2) is 0 Å². The summed E-state index contributed by atoms with van der Waals surface area (Å²) in [5, 5.41) is 15.0. The minimum Gasteiger partial charge on any atom is -0.261 e. The summed E-state index contributed by atoms with van der Waals surface area (Å²) in [5.74, 6) is 0.570. The van der Waals surface area contributed by atoms with E-state index < -0.39 is 4.92 Å². The Morgan fingerprint density at radius 1 is 1.37 bits per heavy atom. The first-order chi connectivity index (χ1) is 9.16. The molecule has 1 aromatic heterocycles. The quantitative estimate of drug-likeness (QED) is 0.528. The van der Waals surface area contributed by atoms with Crippen molar-refractivity contribution in [2.24, 2.45) is 5.10 Å². The zero-order chi connectivity index (χ0) is 13.7. The highest BCUT2D eigenvalue weighted by molar-refractivity contribution is 6.33. The fourth-order valence-corrected chi connectivity index (χ4v) is 1.51. The Morgan fingerprint density at radius 2 is 2.21 bits per heavy atom. The Hall–Kier alpha value is -2.47. The molecular formula is C12H9ClN4O2. The van der Waals surface area contributed by atoms with Gasteiger partial charge in [-0.25, -0.2) is 4.98 Å². The summed E-state index contributed by atoms with van der Waals surface area (Å²) in [6, 6.07) is 9.49. The van der Waals surface area contributed by atoms with Crippen LogP contribution in [-0.2, 0) is 0 Å². The van der Waals surface area contributed by atoms with E-state index in [1.807, 2.05) is 6.07 Å². The van der Waals surface area contributed by atoms with Gasteiger partial charge in [0.25, 0.3) is 5.69 Å². The number of hydrogen-bond acceptors (Lipinski definition) is 5. The highest BCUT2D eigenvalue weighted by Gasteiger charge is 2.07. The van der Waals surface area contributed by atoms with Crippen LogP contribution in [0, 0.1) is 10.1 Å². The van der Waals surface area contributed by atoms with E-state index in [2.05, 4.69) is 15.5 Å². The third kappa shape index (κ3) is 3.49. The van der Waals surface area contributed by atoms with Crippen molar-refractivity contribution in [1.29, 1.82) is 0 Å². The molecule has 0 saturated heterocycles. The second-order valence-corrected chi connectivity index (χ2v) is 3.96. The highest BCUT2D eigenvalue weighted by atomic mass is 35.5. The molecule has 6 nitrogen and oxygen atoms in total. The molecule has 0 amide bonds. The lowest BCUT2D eigenvalue weighted by Crippen LogP contribution is -1.94. The summed E-state index contributed by atoms with van der Waals surface area (Å²) in [4.78, 5) is 14.2. The first kappa shape index (κ1) is 13.0. The smallest absolute Gasteiger partial charge is 0.261 e. The normalized spacial score (nSPS) is 10.6. The molecule has 0 fully saturated rings. The average molecular weight is 277 g/mol. The molecule has 1 aromatic carbocycles. The van der Waals surface area contributed by atoms with Crippen LogP contribution in [0.25, 0.3) is 0 Å². The first-order valence-electron chi connectivity index (χ1n) is 5.31. The number of hydrogen-bond donors (Lipinski definition) is 1. The van der Waals surface area contributed by atoms with E-state index in [9.17, 15) is 10.1 Å². The molecule has 0 bridgehead atoms.